The molecule has 1 heterocycles. The van der Waals surface area contributed by atoms with Gasteiger partial charge in [-0.1, -0.05) is 0 Å². The molecular formula is C27H46OSe. The van der Waals surface area contributed by atoms with E-state index in [2.05, 4.69) is 74.4 Å². The van der Waals surface area contributed by atoms with E-state index in [9.17, 15) is 0 Å². The molecule has 0 N–H and O–H groups in total. The van der Waals surface area contributed by atoms with E-state index in [1.165, 1.54) is 37.7 Å². The first kappa shape index (κ1) is 25.0. The van der Waals surface area contributed by atoms with Crippen molar-refractivity contribution in [1.29, 1.82) is 0 Å². The molecule has 0 aromatic heterocycles. The van der Waals surface area contributed by atoms with E-state index < -0.39 is 0 Å². The van der Waals surface area contributed by atoms with Crippen LogP contribution < -0.4 is 4.46 Å². The molecule has 0 amide bonds. The van der Waals surface area contributed by atoms with Crippen LogP contribution in [0.2, 0.25) is 4.82 Å². The van der Waals surface area contributed by atoms with E-state index in [0.29, 0.717) is 55.7 Å². The summed E-state index contributed by atoms with van der Waals surface area (Å²) in [6.07, 6.45) is 7.46. The fourth-order valence-electron chi connectivity index (χ4n) is 4.43. The third-order valence-electron chi connectivity index (χ3n) is 6.69. The second kappa shape index (κ2) is 11.4. The first-order chi connectivity index (χ1) is 13.7. The summed E-state index contributed by atoms with van der Waals surface area (Å²) in [5, 5.41) is 0. The summed E-state index contributed by atoms with van der Waals surface area (Å²) in [6.45, 7) is 21.2. The van der Waals surface area contributed by atoms with Crippen molar-refractivity contribution < 1.29 is 4.74 Å². The third-order valence-corrected chi connectivity index (χ3v) is 10.3. The normalized spacial score (nSPS) is 25.0. The molecule has 1 nitrogen and oxygen atoms in total. The zero-order valence-corrected chi connectivity index (χ0v) is 22.3. The van der Waals surface area contributed by atoms with Crippen LogP contribution in [0.25, 0.3) is 0 Å². The molecule has 29 heavy (non-hydrogen) atoms. The molecule has 0 radical (unpaired) electrons. The van der Waals surface area contributed by atoms with Crippen LogP contribution in [-0.2, 0) is 4.74 Å². The third kappa shape index (κ3) is 6.34. The zero-order valence-electron chi connectivity index (χ0n) is 20.5. The molecule has 0 bridgehead atoms. The molecule has 2 rings (SSSR count). The Bertz CT molecular complexity index is 604. The van der Waals surface area contributed by atoms with Crippen molar-refractivity contribution in [3.05, 3.63) is 28.8 Å². The van der Waals surface area contributed by atoms with Crippen LogP contribution in [0.1, 0.15) is 129 Å². The van der Waals surface area contributed by atoms with Gasteiger partial charge >= 0.3 is 188 Å². The minimum atomic E-state index is 0.401. The summed E-state index contributed by atoms with van der Waals surface area (Å²) in [5.41, 5.74) is 4.73. The number of rotatable bonds is 10. The molecule has 1 aromatic carbocycles. The van der Waals surface area contributed by atoms with Crippen molar-refractivity contribution in [2.75, 3.05) is 0 Å². The molecule has 1 aliphatic heterocycles. The standard InChI is InChI=1S/C27H46OSe/c1-10-11-12-13-14-25-26(20(8)21(9)28-25)29-27-23(18(4)5)15-22(17(2)3)16-24(27)19(6)7/h15-21,25-26H,10-14H2,1-9H3/t20-,21+,25+,26+/m1/s1. The Kier molecular flexibility index (Phi) is 9.78. The SMILES string of the molecule is CCCCCC[C@@H]1O[C@@H](C)[C@@H](C)[C@@H]1[Se]c1c(C(C)C)cc(C(C)C)cc1C(C)C. The van der Waals surface area contributed by atoms with Gasteiger partial charge in [0.1, 0.15) is 0 Å². The van der Waals surface area contributed by atoms with Crippen molar-refractivity contribution in [3.8, 4) is 0 Å². The van der Waals surface area contributed by atoms with Gasteiger partial charge in [0.2, 0.25) is 0 Å². The Balaban J connectivity index is 2.36. The summed E-state index contributed by atoms with van der Waals surface area (Å²) in [6, 6.07) is 5.05. The van der Waals surface area contributed by atoms with Gasteiger partial charge in [-0.2, -0.15) is 0 Å². The fourth-order valence-corrected chi connectivity index (χ4v) is 8.46. The fraction of sp³-hybridized carbons (Fsp3) is 0.778. The zero-order chi connectivity index (χ0) is 21.7. The van der Waals surface area contributed by atoms with Gasteiger partial charge in [0.25, 0.3) is 0 Å². The predicted octanol–water partition coefficient (Wildman–Crippen LogP) is 7.57. The molecule has 166 valence electrons. The van der Waals surface area contributed by atoms with Crippen molar-refractivity contribution in [3.63, 3.8) is 0 Å². The quantitative estimate of drug-likeness (QED) is 0.256. The average Bonchev–Trinajstić information content (AvgIpc) is 2.92. The molecule has 0 spiro atoms. The second-order valence-corrected chi connectivity index (χ2v) is 12.7. The molecule has 1 aliphatic rings. The maximum absolute atomic E-state index is 6.52. The molecule has 1 saturated heterocycles. The van der Waals surface area contributed by atoms with E-state index in [0.717, 1.165) is 0 Å². The van der Waals surface area contributed by atoms with Gasteiger partial charge in [-0.15, -0.1) is 0 Å². The van der Waals surface area contributed by atoms with Crippen LogP contribution in [0.3, 0.4) is 0 Å². The van der Waals surface area contributed by atoms with Crippen LogP contribution in [0.4, 0.5) is 0 Å². The van der Waals surface area contributed by atoms with Crippen LogP contribution in [0.5, 0.6) is 0 Å². The summed E-state index contributed by atoms with van der Waals surface area (Å²) < 4.78 is 8.21. The van der Waals surface area contributed by atoms with Crippen LogP contribution in [-0.4, -0.2) is 27.2 Å². The van der Waals surface area contributed by atoms with Gasteiger partial charge in [-0.3, -0.25) is 0 Å². The molecule has 4 atom stereocenters. The Labute approximate surface area is 187 Å². The predicted molar refractivity (Wildman–Crippen MR) is 130 cm³/mol. The monoisotopic (exact) mass is 466 g/mol. The Hall–Kier alpha value is -0.301. The summed E-state index contributed by atoms with van der Waals surface area (Å²) in [7, 11) is 0. The molecule has 2 heteroatoms. The molecule has 1 aromatic rings. The van der Waals surface area contributed by atoms with Gasteiger partial charge in [0.15, 0.2) is 0 Å². The minimum absolute atomic E-state index is 0.401. The van der Waals surface area contributed by atoms with E-state index in [4.69, 9.17) is 4.74 Å². The topological polar surface area (TPSA) is 9.23 Å². The number of unbranched alkanes of at least 4 members (excludes halogenated alkanes) is 3. The Morgan fingerprint density at radius 1 is 0.862 bits per heavy atom. The molecule has 0 saturated carbocycles. The Morgan fingerprint density at radius 2 is 1.45 bits per heavy atom. The van der Waals surface area contributed by atoms with Crippen molar-refractivity contribution >= 4 is 19.4 Å². The van der Waals surface area contributed by atoms with Crippen LogP contribution in [0, 0.1) is 5.92 Å². The van der Waals surface area contributed by atoms with Gasteiger partial charge in [0.05, 0.1) is 0 Å². The van der Waals surface area contributed by atoms with E-state index >= 15 is 0 Å². The van der Waals surface area contributed by atoms with E-state index in [-0.39, 0.29) is 0 Å². The number of hydrogen-bond acceptors (Lipinski definition) is 1. The molecule has 0 unspecified atom stereocenters. The number of benzene rings is 1. The summed E-state index contributed by atoms with van der Waals surface area (Å²) in [5.74, 6) is 2.42. The van der Waals surface area contributed by atoms with Gasteiger partial charge in [0, 0.05) is 0 Å². The molecular weight excluding hydrogens is 419 g/mol. The Morgan fingerprint density at radius 3 is 1.93 bits per heavy atom. The molecule has 0 aliphatic carbocycles. The first-order valence-electron chi connectivity index (χ1n) is 12.2. The summed E-state index contributed by atoms with van der Waals surface area (Å²) in [4.78, 5) is 0.707. The first-order valence-corrected chi connectivity index (χ1v) is 14.0. The second-order valence-electron chi connectivity index (χ2n) is 10.2. The molecule has 1 fully saturated rings. The van der Waals surface area contributed by atoms with Crippen LogP contribution in [0.15, 0.2) is 12.1 Å². The van der Waals surface area contributed by atoms with E-state index in [1.54, 1.807) is 15.6 Å². The van der Waals surface area contributed by atoms with Crippen molar-refractivity contribution in [1.82, 2.24) is 0 Å². The maximum atomic E-state index is 6.52. The van der Waals surface area contributed by atoms with Gasteiger partial charge in [-0.25, -0.2) is 0 Å². The van der Waals surface area contributed by atoms with Gasteiger partial charge < -0.3 is 0 Å². The van der Waals surface area contributed by atoms with Crippen molar-refractivity contribution in [2.24, 2.45) is 5.92 Å². The number of ether oxygens (including phenoxy) is 1. The number of hydrogen-bond donors (Lipinski definition) is 0. The average molecular weight is 466 g/mol. The van der Waals surface area contributed by atoms with Gasteiger partial charge in [-0.05, 0) is 0 Å². The van der Waals surface area contributed by atoms with Crippen LogP contribution >= 0.6 is 0 Å². The van der Waals surface area contributed by atoms with E-state index in [1.807, 2.05) is 0 Å². The summed E-state index contributed by atoms with van der Waals surface area (Å²) >= 11 is 0.467. The van der Waals surface area contributed by atoms with Crippen molar-refractivity contribution in [2.45, 2.75) is 129 Å².